The average molecular weight is 500 g/mol. The van der Waals surface area contributed by atoms with E-state index in [-0.39, 0.29) is 17.7 Å². The van der Waals surface area contributed by atoms with Crippen LogP contribution in [0, 0.1) is 0 Å². The molecular formula is C23H22ClN5O2S2. The summed E-state index contributed by atoms with van der Waals surface area (Å²) in [6, 6.07) is 11.1. The first kappa shape index (κ1) is 23.2. The van der Waals surface area contributed by atoms with Crippen LogP contribution in [0.2, 0.25) is 0 Å². The lowest BCUT2D eigenvalue weighted by atomic mass is 10.1. The van der Waals surface area contributed by atoms with Crippen LogP contribution < -0.4 is 16.4 Å². The van der Waals surface area contributed by atoms with Crippen molar-refractivity contribution >= 4 is 67.7 Å². The van der Waals surface area contributed by atoms with Gasteiger partial charge in [-0.15, -0.1) is 34.3 Å². The molecule has 0 fully saturated rings. The van der Waals surface area contributed by atoms with Gasteiger partial charge in [-0.2, -0.15) is 0 Å². The first-order chi connectivity index (χ1) is 15.7. The fourth-order valence-electron chi connectivity index (χ4n) is 3.25. The van der Waals surface area contributed by atoms with Crippen molar-refractivity contribution in [1.29, 1.82) is 0 Å². The Morgan fingerprint density at radius 3 is 2.61 bits per heavy atom. The normalized spacial score (nSPS) is 11.5. The number of anilines is 2. The van der Waals surface area contributed by atoms with Crippen molar-refractivity contribution in [1.82, 2.24) is 15.3 Å². The molecule has 0 saturated heterocycles. The van der Waals surface area contributed by atoms with E-state index in [9.17, 15) is 9.59 Å². The third-order valence-corrected chi connectivity index (χ3v) is 6.77. The smallest absolute Gasteiger partial charge is 0.263 e. The number of nitrogens with two attached hydrogens (primary N) is 1. The molecule has 4 rings (SSSR count). The lowest BCUT2D eigenvalue weighted by Crippen LogP contribution is -2.40. The third kappa shape index (κ3) is 5.00. The highest BCUT2D eigenvalue weighted by Crippen LogP contribution is 2.40. The van der Waals surface area contributed by atoms with Crippen molar-refractivity contribution in [2.45, 2.75) is 26.3 Å². The number of nitrogen functional groups attached to an aromatic ring is 1. The van der Waals surface area contributed by atoms with Crippen LogP contribution in [0.25, 0.3) is 32.2 Å². The van der Waals surface area contributed by atoms with Gasteiger partial charge < -0.3 is 16.4 Å². The summed E-state index contributed by atoms with van der Waals surface area (Å²) in [6.07, 6.45) is 0. The molecule has 3 heterocycles. The third-order valence-electron chi connectivity index (χ3n) is 4.57. The molecule has 0 spiro atoms. The van der Waals surface area contributed by atoms with Crippen molar-refractivity contribution in [3.8, 4) is 22.0 Å². The van der Waals surface area contributed by atoms with Crippen LogP contribution in [0.15, 0.2) is 41.8 Å². The van der Waals surface area contributed by atoms with Crippen LogP contribution in [0.3, 0.4) is 0 Å². The Labute approximate surface area is 204 Å². The molecule has 0 bridgehead atoms. The van der Waals surface area contributed by atoms with E-state index in [0.29, 0.717) is 38.0 Å². The highest BCUT2D eigenvalue weighted by atomic mass is 35.5. The molecule has 0 unspecified atom stereocenters. The summed E-state index contributed by atoms with van der Waals surface area (Å²) in [5.74, 6) is -0.160. The summed E-state index contributed by atoms with van der Waals surface area (Å²) in [4.78, 5) is 36.2. The van der Waals surface area contributed by atoms with Gasteiger partial charge in [0.2, 0.25) is 5.91 Å². The van der Waals surface area contributed by atoms with Crippen molar-refractivity contribution in [3.63, 3.8) is 0 Å². The van der Waals surface area contributed by atoms with Gasteiger partial charge in [0.25, 0.3) is 5.91 Å². The molecule has 7 nitrogen and oxygen atoms in total. The van der Waals surface area contributed by atoms with Gasteiger partial charge in [0.05, 0.1) is 21.6 Å². The van der Waals surface area contributed by atoms with Gasteiger partial charge in [0.15, 0.2) is 5.82 Å². The van der Waals surface area contributed by atoms with Gasteiger partial charge in [-0.25, -0.2) is 9.97 Å². The highest BCUT2D eigenvalue weighted by molar-refractivity contribution is 7.21. The second-order valence-electron chi connectivity index (χ2n) is 8.36. The Hall–Kier alpha value is -3.01. The Bertz CT molecular complexity index is 1340. The molecule has 33 heavy (non-hydrogen) atoms. The Balaban J connectivity index is 1.91. The minimum absolute atomic E-state index is 0.145. The molecule has 0 aliphatic heterocycles. The first-order valence-electron chi connectivity index (χ1n) is 10.1. The number of carbonyl (C=O) groups is 2. The van der Waals surface area contributed by atoms with Gasteiger partial charge >= 0.3 is 0 Å². The molecule has 170 valence electrons. The van der Waals surface area contributed by atoms with Crippen LogP contribution in [0.4, 0.5) is 11.4 Å². The zero-order valence-electron chi connectivity index (χ0n) is 18.2. The second-order valence-corrected chi connectivity index (χ2v) is 10.6. The Morgan fingerprint density at radius 1 is 1.15 bits per heavy atom. The van der Waals surface area contributed by atoms with Gasteiger partial charge in [0, 0.05) is 16.8 Å². The zero-order chi connectivity index (χ0) is 23.8. The first-order valence-corrected chi connectivity index (χ1v) is 12.3. The maximum absolute atomic E-state index is 12.9. The summed E-state index contributed by atoms with van der Waals surface area (Å²) in [7, 11) is 0. The monoisotopic (exact) mass is 499 g/mol. The fraction of sp³-hybridized carbons (Fsp3) is 0.217. The lowest BCUT2D eigenvalue weighted by molar-refractivity contribution is -0.113. The number of rotatable bonds is 5. The van der Waals surface area contributed by atoms with E-state index in [1.54, 1.807) is 12.1 Å². The maximum atomic E-state index is 12.9. The topological polar surface area (TPSA) is 110 Å². The fourth-order valence-corrected chi connectivity index (χ4v) is 4.97. The number of thiophene rings is 2. The van der Waals surface area contributed by atoms with Crippen molar-refractivity contribution < 1.29 is 9.59 Å². The number of carbonyl (C=O) groups excluding carboxylic acids is 2. The summed E-state index contributed by atoms with van der Waals surface area (Å²) < 4.78 is 0. The van der Waals surface area contributed by atoms with Crippen LogP contribution >= 0.6 is 34.3 Å². The summed E-state index contributed by atoms with van der Waals surface area (Å²) >= 11 is 8.40. The van der Waals surface area contributed by atoms with E-state index in [4.69, 9.17) is 27.3 Å². The van der Waals surface area contributed by atoms with Crippen LogP contribution in [0.5, 0.6) is 0 Å². The molecule has 4 aromatic rings. The number of aromatic nitrogens is 2. The molecule has 2 amide bonds. The molecule has 10 heteroatoms. The molecule has 1 aromatic carbocycles. The predicted octanol–water partition coefficient (Wildman–Crippen LogP) is 5.37. The maximum Gasteiger partial charge on any atom is 0.263 e. The molecule has 0 radical (unpaired) electrons. The summed E-state index contributed by atoms with van der Waals surface area (Å²) in [5, 5.41) is 8.28. The minimum atomic E-state index is -0.411. The van der Waals surface area contributed by atoms with Crippen molar-refractivity contribution in [2.24, 2.45) is 0 Å². The molecule has 0 aliphatic rings. The number of amides is 2. The van der Waals surface area contributed by atoms with E-state index in [1.807, 2.05) is 50.4 Å². The molecular weight excluding hydrogens is 478 g/mol. The van der Waals surface area contributed by atoms with Crippen LogP contribution in [-0.2, 0) is 4.79 Å². The lowest BCUT2D eigenvalue weighted by Gasteiger charge is -2.20. The standard InChI is InChI=1S/C23H22ClN5O2S2/c1-23(2,3)29-21(31)19-17(25)16-18(12-6-4-7-13(10-12)26-15(30)11-24)27-20(28-22(16)33-19)14-8-5-9-32-14/h4-10H,11,25H2,1-3H3,(H,26,30)(H,29,31). The van der Waals surface area contributed by atoms with Gasteiger partial charge in [-0.05, 0) is 44.4 Å². The Kier molecular flexibility index (Phi) is 6.38. The second kappa shape index (κ2) is 9.09. The van der Waals surface area contributed by atoms with E-state index in [2.05, 4.69) is 10.6 Å². The molecule has 0 aliphatic carbocycles. The van der Waals surface area contributed by atoms with Crippen LogP contribution in [-0.4, -0.2) is 33.2 Å². The number of hydrogen-bond acceptors (Lipinski definition) is 7. The minimum Gasteiger partial charge on any atom is -0.397 e. The van der Waals surface area contributed by atoms with E-state index < -0.39 is 5.54 Å². The number of fused-ring (bicyclic) bond motifs is 1. The van der Waals surface area contributed by atoms with Crippen molar-refractivity contribution in [2.75, 3.05) is 16.9 Å². The quantitative estimate of drug-likeness (QED) is 0.319. The number of nitrogens with one attached hydrogen (secondary N) is 2. The van der Waals surface area contributed by atoms with E-state index >= 15 is 0 Å². The van der Waals surface area contributed by atoms with Gasteiger partial charge in [-0.1, -0.05) is 18.2 Å². The van der Waals surface area contributed by atoms with E-state index in [1.165, 1.54) is 22.7 Å². The summed E-state index contributed by atoms with van der Waals surface area (Å²) in [6.45, 7) is 5.74. The highest BCUT2D eigenvalue weighted by Gasteiger charge is 2.25. The molecule has 0 saturated carbocycles. The average Bonchev–Trinajstić information content (AvgIpc) is 3.40. The number of alkyl halides is 1. The number of benzene rings is 1. The van der Waals surface area contributed by atoms with Gasteiger partial charge in [-0.3, -0.25) is 9.59 Å². The van der Waals surface area contributed by atoms with Gasteiger partial charge in [0.1, 0.15) is 15.6 Å². The Morgan fingerprint density at radius 2 is 1.94 bits per heavy atom. The number of nitrogens with zero attached hydrogens (tertiary/aromatic N) is 2. The predicted molar refractivity (Wildman–Crippen MR) is 137 cm³/mol. The zero-order valence-corrected chi connectivity index (χ0v) is 20.6. The van der Waals surface area contributed by atoms with Crippen molar-refractivity contribution in [3.05, 3.63) is 46.7 Å². The van der Waals surface area contributed by atoms with E-state index in [0.717, 1.165) is 10.4 Å². The molecule has 0 atom stereocenters. The molecule has 3 aromatic heterocycles. The van der Waals surface area contributed by atoms with Crippen LogP contribution in [0.1, 0.15) is 30.4 Å². The number of halogens is 1. The SMILES string of the molecule is CC(C)(C)NC(=O)c1sc2nc(-c3cccs3)nc(-c3cccc(NC(=O)CCl)c3)c2c1N. The largest absolute Gasteiger partial charge is 0.397 e. The number of hydrogen-bond donors (Lipinski definition) is 3. The summed E-state index contributed by atoms with van der Waals surface area (Å²) in [5.41, 5.74) is 8.33. The molecule has 4 N–H and O–H groups in total.